The van der Waals surface area contributed by atoms with Crippen molar-refractivity contribution in [2.75, 3.05) is 0 Å². The highest BCUT2D eigenvalue weighted by Crippen LogP contribution is 1.97. The fourth-order valence-corrected chi connectivity index (χ4v) is 1.45. The molecule has 0 unspecified atom stereocenters. The van der Waals surface area contributed by atoms with Gasteiger partial charge in [-0.2, -0.15) is 0 Å². The Morgan fingerprint density at radius 1 is 1.06 bits per heavy atom. The number of fused-ring (bicyclic) bond motifs is 1. The van der Waals surface area contributed by atoms with E-state index in [1.165, 1.54) is 0 Å². The van der Waals surface area contributed by atoms with E-state index < -0.39 is 11.2 Å². The van der Waals surface area contributed by atoms with Crippen LogP contribution in [-0.4, -0.2) is 19.9 Å². The van der Waals surface area contributed by atoms with Gasteiger partial charge in [0.25, 0.3) is 11.1 Å². The first-order valence-electron chi connectivity index (χ1n) is 4.87. The Labute approximate surface area is 88.6 Å². The number of aromatic nitrogens is 4. The summed E-state index contributed by atoms with van der Waals surface area (Å²) in [5.41, 5.74) is -1.25. The van der Waals surface area contributed by atoms with Crippen LogP contribution in [0.5, 0.6) is 0 Å². The Hall–Kier alpha value is -2.18. The van der Waals surface area contributed by atoms with Crippen molar-refractivity contribution in [3.05, 3.63) is 36.9 Å². The zero-order chi connectivity index (χ0) is 11.7. The molecule has 0 amide bonds. The number of H-pyrrole nitrogens is 3. The van der Waals surface area contributed by atoms with Crippen LogP contribution in [0.2, 0.25) is 0 Å². The maximum atomic E-state index is 11.5. The van der Waals surface area contributed by atoms with Gasteiger partial charge in [0.1, 0.15) is 11.3 Å². The Morgan fingerprint density at radius 2 is 1.81 bits per heavy atom. The fourth-order valence-electron chi connectivity index (χ4n) is 1.45. The molecule has 0 saturated carbocycles. The van der Waals surface area contributed by atoms with E-state index in [9.17, 15) is 14.4 Å². The van der Waals surface area contributed by atoms with E-state index in [0.717, 1.165) is 6.42 Å². The molecule has 2 aromatic heterocycles. The second kappa shape index (κ2) is 3.76. The van der Waals surface area contributed by atoms with Crippen LogP contribution in [0, 0.1) is 0 Å². The van der Waals surface area contributed by atoms with Crippen LogP contribution in [-0.2, 0) is 6.42 Å². The Kier molecular flexibility index (Phi) is 2.43. The van der Waals surface area contributed by atoms with Gasteiger partial charge in [-0.15, -0.1) is 0 Å². The number of nitrogens with zero attached hydrogens (tertiary/aromatic N) is 1. The molecule has 0 aliphatic heterocycles. The van der Waals surface area contributed by atoms with Crippen molar-refractivity contribution in [3.8, 4) is 0 Å². The van der Waals surface area contributed by atoms with Gasteiger partial charge in [0.05, 0.1) is 0 Å². The molecule has 2 rings (SSSR count). The molecule has 2 aromatic rings. The lowest BCUT2D eigenvalue weighted by molar-refractivity contribution is 0.860. The van der Waals surface area contributed by atoms with Gasteiger partial charge in [-0.1, -0.05) is 13.3 Å². The first-order valence-corrected chi connectivity index (χ1v) is 4.87. The van der Waals surface area contributed by atoms with Crippen molar-refractivity contribution in [2.24, 2.45) is 0 Å². The van der Waals surface area contributed by atoms with E-state index in [4.69, 9.17) is 0 Å². The van der Waals surface area contributed by atoms with Gasteiger partial charge < -0.3 is 4.98 Å². The third-order valence-electron chi connectivity index (χ3n) is 2.15. The molecule has 0 bridgehead atoms. The normalized spacial score (nSPS) is 10.8. The third kappa shape index (κ3) is 1.67. The summed E-state index contributed by atoms with van der Waals surface area (Å²) in [5.74, 6) is 0. The van der Waals surface area contributed by atoms with E-state index in [1.54, 1.807) is 0 Å². The first-order chi connectivity index (χ1) is 7.61. The number of rotatable bonds is 2. The summed E-state index contributed by atoms with van der Waals surface area (Å²) >= 11 is 0. The zero-order valence-electron chi connectivity index (χ0n) is 8.59. The molecule has 0 fully saturated rings. The van der Waals surface area contributed by atoms with Crippen molar-refractivity contribution >= 4 is 11.2 Å². The molecule has 0 saturated heterocycles. The second-order valence-corrected chi connectivity index (χ2v) is 3.39. The largest absolute Gasteiger partial charge is 0.327 e. The van der Waals surface area contributed by atoms with Crippen LogP contribution >= 0.6 is 0 Å². The van der Waals surface area contributed by atoms with Gasteiger partial charge >= 0.3 is 5.69 Å². The summed E-state index contributed by atoms with van der Waals surface area (Å²) in [6.07, 6.45) is 1.24. The maximum absolute atomic E-state index is 11.5. The highest BCUT2D eigenvalue weighted by Gasteiger charge is 2.07. The summed E-state index contributed by atoms with van der Waals surface area (Å²) in [6, 6.07) is 0. The average Bonchev–Trinajstić information content (AvgIpc) is 2.20. The highest BCUT2D eigenvalue weighted by atomic mass is 16.2. The Bertz CT molecular complexity index is 694. The summed E-state index contributed by atoms with van der Waals surface area (Å²) in [5, 5.41) is 0. The minimum Gasteiger partial charge on any atom is -0.305 e. The molecular weight excluding hydrogens is 212 g/mol. The predicted molar refractivity (Wildman–Crippen MR) is 57.6 cm³/mol. The van der Waals surface area contributed by atoms with Gasteiger partial charge in [0, 0.05) is 0 Å². The molecule has 7 heteroatoms. The van der Waals surface area contributed by atoms with Crippen molar-refractivity contribution in [2.45, 2.75) is 19.8 Å². The van der Waals surface area contributed by atoms with Gasteiger partial charge in [-0.25, -0.2) is 9.78 Å². The van der Waals surface area contributed by atoms with E-state index in [0.29, 0.717) is 12.1 Å². The van der Waals surface area contributed by atoms with E-state index >= 15 is 0 Å². The van der Waals surface area contributed by atoms with Crippen molar-refractivity contribution in [1.82, 2.24) is 19.9 Å². The third-order valence-corrected chi connectivity index (χ3v) is 2.15. The van der Waals surface area contributed by atoms with E-state index in [2.05, 4.69) is 19.9 Å². The van der Waals surface area contributed by atoms with Gasteiger partial charge in [-0.05, 0) is 6.42 Å². The predicted octanol–water partition coefficient (Wildman–Crippen LogP) is -0.748. The zero-order valence-corrected chi connectivity index (χ0v) is 8.59. The SMILES string of the molecule is CCCc1nc2c(=O)[nH]c(=O)[nH]c2[nH]c1=O. The molecule has 3 N–H and O–H groups in total. The molecule has 0 spiro atoms. The van der Waals surface area contributed by atoms with Gasteiger partial charge in [-0.3, -0.25) is 19.6 Å². The van der Waals surface area contributed by atoms with E-state index in [-0.39, 0.29) is 16.7 Å². The molecule has 0 aliphatic rings. The number of nitrogens with one attached hydrogen (secondary N) is 3. The topological polar surface area (TPSA) is 111 Å². The fraction of sp³-hybridized carbons (Fsp3) is 0.333. The summed E-state index contributed by atoms with van der Waals surface area (Å²) < 4.78 is 0. The van der Waals surface area contributed by atoms with Crippen LogP contribution in [0.1, 0.15) is 19.0 Å². The van der Waals surface area contributed by atoms with Crippen LogP contribution in [0.3, 0.4) is 0 Å². The second-order valence-electron chi connectivity index (χ2n) is 3.39. The maximum Gasteiger partial charge on any atom is 0.327 e. The number of aryl methyl sites for hydroxylation is 1. The number of aromatic amines is 3. The Balaban J connectivity index is 2.85. The lowest BCUT2D eigenvalue weighted by Crippen LogP contribution is -2.27. The molecule has 0 atom stereocenters. The molecule has 0 aliphatic carbocycles. The quantitative estimate of drug-likeness (QED) is 0.620. The van der Waals surface area contributed by atoms with Crippen LogP contribution in [0.25, 0.3) is 11.2 Å². The van der Waals surface area contributed by atoms with Crippen LogP contribution in [0.15, 0.2) is 14.4 Å². The number of hydrogen-bond donors (Lipinski definition) is 3. The Morgan fingerprint density at radius 3 is 2.50 bits per heavy atom. The average molecular weight is 222 g/mol. The summed E-state index contributed by atoms with van der Waals surface area (Å²) in [4.78, 5) is 44.6. The van der Waals surface area contributed by atoms with Crippen molar-refractivity contribution in [3.63, 3.8) is 0 Å². The van der Waals surface area contributed by atoms with Crippen LogP contribution in [0.4, 0.5) is 0 Å². The lowest BCUT2D eigenvalue weighted by Gasteiger charge is -1.99. The molecule has 0 aromatic carbocycles. The lowest BCUT2D eigenvalue weighted by atomic mass is 10.2. The molecule has 0 radical (unpaired) electrons. The summed E-state index contributed by atoms with van der Waals surface area (Å²) in [6.45, 7) is 1.91. The first kappa shape index (κ1) is 10.3. The number of hydrogen-bond acceptors (Lipinski definition) is 4. The molecule has 7 nitrogen and oxygen atoms in total. The molecule has 84 valence electrons. The van der Waals surface area contributed by atoms with Gasteiger partial charge in [0.15, 0.2) is 5.52 Å². The molecule has 2 heterocycles. The van der Waals surface area contributed by atoms with E-state index in [1.807, 2.05) is 6.92 Å². The van der Waals surface area contributed by atoms with Gasteiger partial charge in [0.2, 0.25) is 0 Å². The summed E-state index contributed by atoms with van der Waals surface area (Å²) in [7, 11) is 0. The highest BCUT2D eigenvalue weighted by molar-refractivity contribution is 5.67. The van der Waals surface area contributed by atoms with Crippen LogP contribution < -0.4 is 16.8 Å². The monoisotopic (exact) mass is 222 g/mol. The van der Waals surface area contributed by atoms with Crippen molar-refractivity contribution in [1.29, 1.82) is 0 Å². The molecule has 16 heavy (non-hydrogen) atoms. The minimum atomic E-state index is -0.668. The molecular formula is C9H10N4O3. The standard InChI is InChI=1S/C9H10N4O3/c1-2-3-4-7(14)11-6-5(10-4)8(15)13-9(16)12-6/h2-3H2,1H3,(H3,11,12,13,14,15,16). The smallest absolute Gasteiger partial charge is 0.305 e. The van der Waals surface area contributed by atoms with Crippen molar-refractivity contribution < 1.29 is 0 Å². The minimum absolute atomic E-state index is 0.0441.